The predicted molar refractivity (Wildman–Crippen MR) is 53.9 cm³/mol. The molecule has 6 heteroatoms. The molecule has 0 aliphatic heterocycles. The van der Waals surface area contributed by atoms with E-state index >= 15 is 0 Å². The highest BCUT2D eigenvalue weighted by atomic mass is 79.9. The molecule has 1 rings (SSSR count). The normalized spacial score (nSPS) is 10.4. The van der Waals surface area contributed by atoms with Crippen LogP contribution in [0.2, 0.25) is 0 Å². The third-order valence-electron chi connectivity index (χ3n) is 1.39. The van der Waals surface area contributed by atoms with Crippen LogP contribution in [0.1, 0.15) is 10.4 Å². The lowest BCUT2D eigenvalue weighted by Gasteiger charge is -2.08. The summed E-state index contributed by atoms with van der Waals surface area (Å²) in [5.41, 5.74) is 0.254. The first-order chi connectivity index (χ1) is 6.54. The van der Waals surface area contributed by atoms with Gasteiger partial charge in [0, 0.05) is 10.0 Å². The second-order valence-electron chi connectivity index (χ2n) is 2.30. The summed E-state index contributed by atoms with van der Waals surface area (Å²) in [5, 5.41) is 0. The van der Waals surface area contributed by atoms with Gasteiger partial charge in [-0.15, -0.1) is 0 Å². The Bertz CT molecular complexity index is 355. The molecule has 0 unspecified atom stereocenters. The highest BCUT2D eigenvalue weighted by Crippen LogP contribution is 2.31. The van der Waals surface area contributed by atoms with E-state index in [1.165, 1.54) is 12.1 Å². The van der Waals surface area contributed by atoms with Gasteiger partial charge in [0.05, 0.1) is 4.47 Å². The van der Waals surface area contributed by atoms with Gasteiger partial charge in [-0.25, -0.2) is 0 Å². The summed E-state index contributed by atoms with van der Waals surface area (Å²) in [4.78, 5) is 10.5. The number of hydrogen-bond donors (Lipinski definition) is 0. The van der Waals surface area contributed by atoms with Crippen molar-refractivity contribution in [3.05, 3.63) is 26.6 Å². The fourth-order valence-electron chi connectivity index (χ4n) is 0.821. The maximum Gasteiger partial charge on any atom is 0.387 e. The zero-order valence-corrected chi connectivity index (χ0v) is 9.81. The zero-order valence-electron chi connectivity index (χ0n) is 6.64. The first kappa shape index (κ1) is 11.6. The van der Waals surface area contributed by atoms with Crippen LogP contribution in [0, 0.1) is 0 Å². The molecule has 2 nitrogen and oxygen atoms in total. The number of alkyl halides is 2. The minimum absolute atomic E-state index is 0.0645. The van der Waals surface area contributed by atoms with Crippen molar-refractivity contribution in [1.29, 1.82) is 0 Å². The summed E-state index contributed by atoms with van der Waals surface area (Å²) in [6.07, 6.45) is 0.550. The van der Waals surface area contributed by atoms with Crippen molar-refractivity contribution in [2.45, 2.75) is 6.61 Å². The second kappa shape index (κ2) is 4.84. The molecule has 76 valence electrons. The standard InChI is InChI=1S/C8H4Br2F2O2/c9-5-2-6(10)7(14-8(11)12)1-4(5)3-13/h1-3,8H. The smallest absolute Gasteiger partial charge is 0.387 e. The fraction of sp³-hybridized carbons (Fsp3) is 0.125. The first-order valence-corrected chi connectivity index (χ1v) is 5.02. The Morgan fingerprint density at radius 3 is 2.43 bits per heavy atom. The maximum absolute atomic E-state index is 11.9. The lowest BCUT2D eigenvalue weighted by Crippen LogP contribution is -2.03. The minimum Gasteiger partial charge on any atom is -0.434 e. The summed E-state index contributed by atoms with van der Waals surface area (Å²) in [6, 6.07) is 2.70. The molecular weight excluding hydrogens is 326 g/mol. The molecule has 1 aromatic carbocycles. The average molecular weight is 330 g/mol. The van der Waals surface area contributed by atoms with Crippen molar-refractivity contribution in [2.75, 3.05) is 0 Å². The van der Waals surface area contributed by atoms with E-state index in [2.05, 4.69) is 36.6 Å². The Hall–Kier alpha value is -0.490. The van der Waals surface area contributed by atoms with E-state index in [4.69, 9.17) is 0 Å². The van der Waals surface area contributed by atoms with Gasteiger partial charge in [0.25, 0.3) is 0 Å². The Morgan fingerprint density at radius 2 is 1.93 bits per heavy atom. The molecule has 0 amide bonds. The van der Waals surface area contributed by atoms with Gasteiger partial charge in [-0.05, 0) is 28.1 Å². The third-order valence-corrected chi connectivity index (χ3v) is 2.70. The highest BCUT2D eigenvalue weighted by molar-refractivity contribution is 9.11. The summed E-state index contributed by atoms with van der Waals surface area (Å²) in [6.45, 7) is -2.91. The molecule has 0 N–H and O–H groups in total. The molecule has 0 atom stereocenters. The van der Waals surface area contributed by atoms with Crippen LogP contribution in [-0.4, -0.2) is 12.9 Å². The summed E-state index contributed by atoms with van der Waals surface area (Å²) in [7, 11) is 0. The Morgan fingerprint density at radius 1 is 1.29 bits per heavy atom. The Labute approximate surface area is 95.5 Å². The van der Waals surface area contributed by atoms with Crippen molar-refractivity contribution in [1.82, 2.24) is 0 Å². The molecule has 0 bridgehead atoms. The second-order valence-corrected chi connectivity index (χ2v) is 4.01. The molecule has 0 saturated carbocycles. The van der Waals surface area contributed by atoms with Gasteiger partial charge < -0.3 is 4.74 Å². The van der Waals surface area contributed by atoms with E-state index in [0.717, 1.165) is 0 Å². The van der Waals surface area contributed by atoms with Crippen LogP contribution < -0.4 is 4.74 Å². The van der Waals surface area contributed by atoms with Crippen molar-refractivity contribution in [3.8, 4) is 5.75 Å². The highest BCUT2D eigenvalue weighted by Gasteiger charge is 2.11. The van der Waals surface area contributed by atoms with E-state index in [1.807, 2.05) is 0 Å². The monoisotopic (exact) mass is 328 g/mol. The maximum atomic E-state index is 11.9. The molecule has 0 saturated heterocycles. The molecule has 0 aliphatic rings. The lowest BCUT2D eigenvalue weighted by molar-refractivity contribution is -0.0503. The van der Waals surface area contributed by atoms with Crippen LogP contribution in [0.25, 0.3) is 0 Å². The van der Waals surface area contributed by atoms with Crippen molar-refractivity contribution in [2.24, 2.45) is 0 Å². The molecular formula is C8H4Br2F2O2. The van der Waals surface area contributed by atoms with Gasteiger partial charge >= 0.3 is 6.61 Å². The van der Waals surface area contributed by atoms with Crippen LogP contribution in [0.5, 0.6) is 5.75 Å². The summed E-state index contributed by atoms with van der Waals surface area (Å²) >= 11 is 6.14. The number of benzene rings is 1. The van der Waals surface area contributed by atoms with Gasteiger partial charge in [-0.1, -0.05) is 15.9 Å². The van der Waals surface area contributed by atoms with Crippen molar-refractivity contribution < 1.29 is 18.3 Å². The number of ether oxygens (including phenoxy) is 1. The fourth-order valence-corrected chi connectivity index (χ4v) is 2.00. The van der Waals surface area contributed by atoms with Gasteiger partial charge in [-0.2, -0.15) is 8.78 Å². The average Bonchev–Trinajstić information content (AvgIpc) is 2.09. The lowest BCUT2D eigenvalue weighted by atomic mass is 10.2. The number of carbonyl (C=O) groups is 1. The van der Waals surface area contributed by atoms with Crippen LogP contribution in [-0.2, 0) is 0 Å². The van der Waals surface area contributed by atoms with Crippen LogP contribution in [0.15, 0.2) is 21.1 Å². The molecule has 0 aliphatic carbocycles. The number of carbonyl (C=O) groups excluding carboxylic acids is 1. The van der Waals surface area contributed by atoms with E-state index in [0.29, 0.717) is 15.2 Å². The summed E-state index contributed by atoms with van der Waals surface area (Å²) < 4.78 is 28.8. The topological polar surface area (TPSA) is 26.3 Å². The Balaban J connectivity index is 3.10. The minimum atomic E-state index is -2.91. The van der Waals surface area contributed by atoms with E-state index in [9.17, 15) is 13.6 Å². The molecule has 0 heterocycles. The van der Waals surface area contributed by atoms with Crippen LogP contribution in [0.4, 0.5) is 8.78 Å². The van der Waals surface area contributed by atoms with Gasteiger partial charge in [0.2, 0.25) is 0 Å². The number of aldehydes is 1. The molecule has 0 aromatic heterocycles. The van der Waals surface area contributed by atoms with Gasteiger partial charge in [0.1, 0.15) is 5.75 Å². The molecule has 14 heavy (non-hydrogen) atoms. The van der Waals surface area contributed by atoms with Gasteiger partial charge in [-0.3, -0.25) is 4.79 Å². The number of rotatable bonds is 3. The first-order valence-electron chi connectivity index (χ1n) is 3.43. The molecule has 1 aromatic rings. The number of hydrogen-bond acceptors (Lipinski definition) is 2. The van der Waals surface area contributed by atoms with Crippen LogP contribution >= 0.6 is 31.9 Å². The largest absolute Gasteiger partial charge is 0.434 e. The Kier molecular flexibility index (Phi) is 4.00. The SMILES string of the molecule is O=Cc1cc(OC(F)F)c(Br)cc1Br. The van der Waals surface area contributed by atoms with E-state index in [1.54, 1.807) is 0 Å². The van der Waals surface area contributed by atoms with Gasteiger partial charge in [0.15, 0.2) is 6.29 Å². The predicted octanol–water partition coefficient (Wildman–Crippen LogP) is 3.63. The van der Waals surface area contributed by atoms with Crippen molar-refractivity contribution in [3.63, 3.8) is 0 Å². The molecule has 0 fully saturated rings. The van der Waals surface area contributed by atoms with Crippen LogP contribution in [0.3, 0.4) is 0 Å². The zero-order chi connectivity index (χ0) is 10.7. The molecule has 0 radical (unpaired) electrons. The molecule has 0 spiro atoms. The summed E-state index contributed by atoms with van der Waals surface area (Å²) in [5.74, 6) is -0.0645. The van der Waals surface area contributed by atoms with E-state index in [-0.39, 0.29) is 11.3 Å². The van der Waals surface area contributed by atoms with E-state index < -0.39 is 6.61 Å². The number of halogens is 4. The van der Waals surface area contributed by atoms with Crippen molar-refractivity contribution >= 4 is 38.1 Å². The quantitative estimate of drug-likeness (QED) is 0.792. The third kappa shape index (κ3) is 2.75.